The predicted octanol–water partition coefficient (Wildman–Crippen LogP) is 0.508. The number of rotatable bonds is 2. The maximum absolute atomic E-state index is 12.1. The van der Waals surface area contributed by atoms with Crippen molar-refractivity contribution in [3.05, 3.63) is 29.3 Å². The molecule has 6 heteroatoms. The first kappa shape index (κ1) is 12.8. The highest BCUT2D eigenvalue weighted by atomic mass is 16.2. The summed E-state index contributed by atoms with van der Waals surface area (Å²) in [6.07, 6.45) is 1.85. The van der Waals surface area contributed by atoms with Crippen LogP contribution in [0.15, 0.2) is 18.2 Å². The Morgan fingerprint density at radius 3 is 2.75 bits per heavy atom. The minimum absolute atomic E-state index is 0.0486. The van der Waals surface area contributed by atoms with Gasteiger partial charge in [0.25, 0.3) is 11.8 Å². The van der Waals surface area contributed by atoms with E-state index in [1.54, 1.807) is 18.2 Å². The fraction of sp³-hybridized carbons (Fsp3) is 0.357. The van der Waals surface area contributed by atoms with Gasteiger partial charge in [0.05, 0.1) is 17.0 Å². The van der Waals surface area contributed by atoms with E-state index in [4.69, 9.17) is 0 Å². The second-order valence-electron chi connectivity index (χ2n) is 5.08. The van der Waals surface area contributed by atoms with Crippen LogP contribution in [-0.2, 0) is 4.79 Å². The van der Waals surface area contributed by atoms with Crippen molar-refractivity contribution in [2.24, 2.45) is 5.92 Å². The van der Waals surface area contributed by atoms with Crippen LogP contribution in [0.5, 0.6) is 0 Å². The number of fused-ring (bicyclic) bond motifs is 1. The van der Waals surface area contributed by atoms with Gasteiger partial charge in [-0.05, 0) is 37.6 Å². The number of hydrogen-bond acceptors (Lipinski definition) is 4. The first-order valence-electron chi connectivity index (χ1n) is 6.66. The average molecular weight is 273 g/mol. The summed E-state index contributed by atoms with van der Waals surface area (Å²) in [5.41, 5.74) is 1.21. The van der Waals surface area contributed by atoms with Crippen LogP contribution in [0.3, 0.4) is 0 Å². The van der Waals surface area contributed by atoms with Crippen molar-refractivity contribution >= 4 is 23.4 Å². The summed E-state index contributed by atoms with van der Waals surface area (Å²) < 4.78 is 0. The molecule has 104 valence electrons. The maximum atomic E-state index is 12.1. The van der Waals surface area contributed by atoms with Gasteiger partial charge in [-0.3, -0.25) is 19.7 Å². The summed E-state index contributed by atoms with van der Waals surface area (Å²) in [4.78, 5) is 35.1. The molecule has 0 saturated carbocycles. The van der Waals surface area contributed by atoms with Gasteiger partial charge in [0.15, 0.2) is 0 Å². The van der Waals surface area contributed by atoms with Gasteiger partial charge in [-0.1, -0.05) is 0 Å². The molecule has 0 bridgehead atoms. The fourth-order valence-corrected chi connectivity index (χ4v) is 2.57. The molecule has 0 aliphatic carbocycles. The van der Waals surface area contributed by atoms with Crippen molar-refractivity contribution in [1.29, 1.82) is 0 Å². The standard InChI is InChI=1S/C14H15N3O3/c18-12(8-2-1-5-15-7-8)16-9-3-4-10-11(6-9)14(20)17-13(10)19/h3-4,6,8,15H,1-2,5,7H2,(H,16,18)(H,17,19,20). The zero-order valence-electron chi connectivity index (χ0n) is 10.9. The van der Waals surface area contributed by atoms with Gasteiger partial charge in [-0.2, -0.15) is 0 Å². The molecule has 2 aliphatic rings. The summed E-state index contributed by atoms with van der Waals surface area (Å²) in [5.74, 6) is -0.908. The summed E-state index contributed by atoms with van der Waals surface area (Å²) in [6, 6.07) is 4.75. The van der Waals surface area contributed by atoms with Crippen LogP contribution in [-0.4, -0.2) is 30.8 Å². The van der Waals surface area contributed by atoms with Crippen LogP contribution in [0.25, 0.3) is 0 Å². The largest absolute Gasteiger partial charge is 0.326 e. The van der Waals surface area contributed by atoms with E-state index >= 15 is 0 Å². The lowest BCUT2D eigenvalue weighted by atomic mass is 9.98. The molecule has 3 N–H and O–H groups in total. The molecule has 3 rings (SSSR count). The Kier molecular flexibility index (Phi) is 3.23. The van der Waals surface area contributed by atoms with Gasteiger partial charge >= 0.3 is 0 Å². The average Bonchev–Trinajstić information content (AvgIpc) is 2.75. The zero-order chi connectivity index (χ0) is 14.1. The SMILES string of the molecule is O=C1NC(=O)c2cc(NC(=O)C3CCCNC3)ccc21. The highest BCUT2D eigenvalue weighted by Gasteiger charge is 2.27. The third kappa shape index (κ3) is 2.30. The maximum Gasteiger partial charge on any atom is 0.259 e. The number of carbonyl (C=O) groups is 3. The van der Waals surface area contributed by atoms with E-state index in [2.05, 4.69) is 16.0 Å². The number of carbonyl (C=O) groups excluding carboxylic acids is 3. The van der Waals surface area contributed by atoms with Gasteiger partial charge in [-0.25, -0.2) is 0 Å². The second kappa shape index (κ2) is 5.05. The number of piperidine rings is 1. The molecule has 1 saturated heterocycles. The van der Waals surface area contributed by atoms with Crippen molar-refractivity contribution in [2.45, 2.75) is 12.8 Å². The first-order valence-corrected chi connectivity index (χ1v) is 6.66. The minimum atomic E-state index is -0.416. The van der Waals surface area contributed by atoms with Crippen molar-refractivity contribution in [3.63, 3.8) is 0 Å². The fourth-order valence-electron chi connectivity index (χ4n) is 2.57. The molecule has 2 heterocycles. The third-order valence-corrected chi connectivity index (χ3v) is 3.67. The van der Waals surface area contributed by atoms with E-state index in [1.807, 2.05) is 0 Å². The number of hydrogen-bond donors (Lipinski definition) is 3. The van der Waals surface area contributed by atoms with Crippen molar-refractivity contribution in [3.8, 4) is 0 Å². The Morgan fingerprint density at radius 1 is 1.20 bits per heavy atom. The van der Waals surface area contributed by atoms with Gasteiger partial charge < -0.3 is 10.6 Å². The molecule has 1 atom stereocenters. The molecule has 1 aromatic carbocycles. The minimum Gasteiger partial charge on any atom is -0.326 e. The van der Waals surface area contributed by atoms with E-state index in [0.717, 1.165) is 19.4 Å². The molecule has 0 aromatic heterocycles. The molecule has 2 aliphatic heterocycles. The van der Waals surface area contributed by atoms with E-state index in [9.17, 15) is 14.4 Å². The molecular weight excluding hydrogens is 258 g/mol. The van der Waals surface area contributed by atoms with Gasteiger partial charge in [0, 0.05) is 12.2 Å². The van der Waals surface area contributed by atoms with Crippen LogP contribution < -0.4 is 16.0 Å². The Hall–Kier alpha value is -2.21. The van der Waals surface area contributed by atoms with Crippen molar-refractivity contribution in [2.75, 3.05) is 18.4 Å². The molecule has 0 radical (unpaired) electrons. The molecule has 20 heavy (non-hydrogen) atoms. The van der Waals surface area contributed by atoms with E-state index in [-0.39, 0.29) is 17.7 Å². The molecule has 1 aromatic rings. The van der Waals surface area contributed by atoms with E-state index < -0.39 is 5.91 Å². The summed E-state index contributed by atoms with van der Waals surface area (Å²) >= 11 is 0. The second-order valence-corrected chi connectivity index (χ2v) is 5.08. The lowest BCUT2D eigenvalue weighted by Crippen LogP contribution is -2.37. The molecule has 6 nitrogen and oxygen atoms in total. The number of amides is 3. The topological polar surface area (TPSA) is 87.3 Å². The highest BCUT2D eigenvalue weighted by Crippen LogP contribution is 2.21. The van der Waals surface area contributed by atoms with E-state index in [0.29, 0.717) is 23.4 Å². The summed E-state index contributed by atoms with van der Waals surface area (Å²) in [5, 5.41) is 8.22. The van der Waals surface area contributed by atoms with Crippen LogP contribution in [0.4, 0.5) is 5.69 Å². The molecule has 1 fully saturated rings. The van der Waals surface area contributed by atoms with Crippen LogP contribution in [0.1, 0.15) is 33.6 Å². The van der Waals surface area contributed by atoms with Crippen LogP contribution >= 0.6 is 0 Å². The predicted molar refractivity (Wildman–Crippen MR) is 72.5 cm³/mol. The Morgan fingerprint density at radius 2 is 2.00 bits per heavy atom. The Labute approximate surface area is 115 Å². The molecule has 1 unspecified atom stereocenters. The van der Waals surface area contributed by atoms with Gasteiger partial charge in [-0.15, -0.1) is 0 Å². The number of anilines is 1. The number of benzene rings is 1. The van der Waals surface area contributed by atoms with Crippen LogP contribution in [0.2, 0.25) is 0 Å². The first-order chi connectivity index (χ1) is 9.65. The normalized spacial score (nSPS) is 21.3. The molecule has 0 spiro atoms. The lowest BCUT2D eigenvalue weighted by molar-refractivity contribution is -0.120. The number of nitrogens with one attached hydrogen (secondary N) is 3. The monoisotopic (exact) mass is 273 g/mol. The summed E-state index contributed by atoms with van der Waals surface area (Å²) in [6.45, 7) is 1.63. The van der Waals surface area contributed by atoms with Gasteiger partial charge in [0.2, 0.25) is 5.91 Å². The molecule has 3 amide bonds. The Bertz CT molecular complexity index is 591. The lowest BCUT2D eigenvalue weighted by Gasteiger charge is -2.21. The quantitative estimate of drug-likeness (QED) is 0.685. The zero-order valence-corrected chi connectivity index (χ0v) is 10.9. The summed E-state index contributed by atoms with van der Waals surface area (Å²) in [7, 11) is 0. The smallest absolute Gasteiger partial charge is 0.259 e. The van der Waals surface area contributed by atoms with Crippen LogP contribution in [0, 0.1) is 5.92 Å². The third-order valence-electron chi connectivity index (χ3n) is 3.67. The number of imide groups is 1. The van der Waals surface area contributed by atoms with E-state index in [1.165, 1.54) is 0 Å². The molecular formula is C14H15N3O3. The highest BCUT2D eigenvalue weighted by molar-refractivity contribution is 6.22. The van der Waals surface area contributed by atoms with Crippen molar-refractivity contribution in [1.82, 2.24) is 10.6 Å². The van der Waals surface area contributed by atoms with Crippen molar-refractivity contribution < 1.29 is 14.4 Å². The van der Waals surface area contributed by atoms with Gasteiger partial charge in [0.1, 0.15) is 0 Å². The Balaban J connectivity index is 1.75.